The van der Waals surface area contributed by atoms with Gasteiger partial charge in [-0.1, -0.05) is 12.1 Å². The minimum absolute atomic E-state index is 0.189. The number of aryl methyl sites for hydroxylation is 3. The molecule has 16 heavy (non-hydrogen) atoms. The van der Waals surface area contributed by atoms with Gasteiger partial charge >= 0.3 is 0 Å². The monoisotopic (exact) mass is 221 g/mol. The molecule has 1 aromatic carbocycles. The number of nitrogens with two attached hydrogens (primary N) is 1. The lowest BCUT2D eigenvalue weighted by atomic mass is 9.96. The molecular weight excluding hydrogens is 198 g/mol. The van der Waals surface area contributed by atoms with E-state index in [1.54, 1.807) is 0 Å². The highest BCUT2D eigenvalue weighted by Gasteiger charge is 2.14. The number of nitrogens with one attached hydrogen (secondary N) is 1. The second-order valence-corrected chi connectivity index (χ2v) is 4.77. The van der Waals surface area contributed by atoms with Crippen LogP contribution in [0.1, 0.15) is 28.3 Å². The molecule has 3 N–H and O–H groups in total. The molecule has 0 aliphatic carbocycles. The van der Waals surface area contributed by atoms with Gasteiger partial charge in [-0.05, 0) is 57.1 Å². The summed E-state index contributed by atoms with van der Waals surface area (Å²) in [5.74, 6) is 5.63. The quantitative estimate of drug-likeness (QED) is 0.600. The molecule has 1 rings (SSSR count). The smallest absolute Gasteiger partial charge is 0.0589 e. The average Bonchev–Trinajstić information content (AvgIpc) is 2.20. The minimum atomic E-state index is 0.189. The maximum atomic E-state index is 5.63. The van der Waals surface area contributed by atoms with E-state index >= 15 is 0 Å². The molecule has 0 radical (unpaired) electrons. The lowest BCUT2D eigenvalue weighted by Crippen LogP contribution is -2.35. The van der Waals surface area contributed by atoms with Gasteiger partial charge in [-0.25, -0.2) is 0 Å². The normalized spacial score (nSPS) is 13.2. The number of hydrazine groups is 1. The lowest BCUT2D eigenvalue weighted by molar-refractivity contribution is 0.344. The summed E-state index contributed by atoms with van der Waals surface area (Å²) in [5, 5.41) is 0. The van der Waals surface area contributed by atoms with Crippen molar-refractivity contribution in [2.45, 2.75) is 26.8 Å². The Morgan fingerprint density at radius 3 is 2.19 bits per heavy atom. The summed E-state index contributed by atoms with van der Waals surface area (Å²) < 4.78 is 0. The van der Waals surface area contributed by atoms with Crippen LogP contribution in [0.5, 0.6) is 0 Å². The first-order valence-electron chi connectivity index (χ1n) is 5.64. The first kappa shape index (κ1) is 13.2. The van der Waals surface area contributed by atoms with E-state index in [4.69, 9.17) is 5.84 Å². The zero-order valence-corrected chi connectivity index (χ0v) is 11.0. The topological polar surface area (TPSA) is 41.3 Å². The van der Waals surface area contributed by atoms with Crippen molar-refractivity contribution in [3.8, 4) is 0 Å². The number of likely N-dealkylation sites (N-methyl/N-ethyl adjacent to an activating group) is 1. The van der Waals surface area contributed by atoms with Crippen LogP contribution in [-0.2, 0) is 0 Å². The van der Waals surface area contributed by atoms with E-state index in [-0.39, 0.29) is 6.04 Å². The van der Waals surface area contributed by atoms with Crippen LogP contribution in [0, 0.1) is 20.8 Å². The van der Waals surface area contributed by atoms with Gasteiger partial charge in [0.15, 0.2) is 0 Å². The first-order chi connectivity index (χ1) is 7.45. The second kappa shape index (κ2) is 5.43. The van der Waals surface area contributed by atoms with Crippen molar-refractivity contribution in [3.63, 3.8) is 0 Å². The number of benzene rings is 1. The largest absolute Gasteiger partial charge is 0.307 e. The van der Waals surface area contributed by atoms with Gasteiger partial charge in [0.05, 0.1) is 6.04 Å². The maximum absolute atomic E-state index is 5.63. The molecule has 90 valence electrons. The van der Waals surface area contributed by atoms with Gasteiger partial charge in [-0.2, -0.15) is 0 Å². The summed E-state index contributed by atoms with van der Waals surface area (Å²) in [6.45, 7) is 7.33. The fraction of sp³-hybridized carbons (Fsp3) is 0.538. The second-order valence-electron chi connectivity index (χ2n) is 4.77. The third-order valence-corrected chi connectivity index (χ3v) is 3.01. The van der Waals surface area contributed by atoms with Gasteiger partial charge in [0.1, 0.15) is 0 Å². The van der Waals surface area contributed by atoms with Gasteiger partial charge in [0.25, 0.3) is 0 Å². The van der Waals surface area contributed by atoms with Crippen molar-refractivity contribution in [2.24, 2.45) is 5.84 Å². The SMILES string of the molecule is Cc1cc(C)c(C(CN(C)C)NN)cc1C. The highest BCUT2D eigenvalue weighted by molar-refractivity contribution is 5.38. The van der Waals surface area contributed by atoms with E-state index in [1.807, 2.05) is 0 Å². The number of hydrogen-bond acceptors (Lipinski definition) is 3. The number of hydrogen-bond donors (Lipinski definition) is 2. The van der Waals surface area contributed by atoms with Gasteiger partial charge in [0, 0.05) is 6.54 Å². The standard InChI is InChI=1S/C13H23N3/c1-9-6-11(3)12(7-10(9)2)13(15-14)8-16(4)5/h6-7,13,15H,8,14H2,1-5H3. The van der Waals surface area contributed by atoms with Gasteiger partial charge in [-0.3, -0.25) is 11.3 Å². The van der Waals surface area contributed by atoms with Crippen LogP contribution < -0.4 is 11.3 Å². The molecule has 0 fully saturated rings. The van der Waals surface area contributed by atoms with Crippen molar-refractivity contribution < 1.29 is 0 Å². The molecule has 1 unspecified atom stereocenters. The van der Waals surface area contributed by atoms with Crippen LogP contribution in [0.4, 0.5) is 0 Å². The van der Waals surface area contributed by atoms with Crippen molar-refractivity contribution in [1.29, 1.82) is 0 Å². The molecule has 0 aliphatic rings. The van der Waals surface area contributed by atoms with Crippen LogP contribution in [0.25, 0.3) is 0 Å². The van der Waals surface area contributed by atoms with Crippen LogP contribution in [0.15, 0.2) is 12.1 Å². The fourth-order valence-electron chi connectivity index (χ4n) is 1.96. The highest BCUT2D eigenvalue weighted by Crippen LogP contribution is 2.21. The van der Waals surface area contributed by atoms with Gasteiger partial charge in [0.2, 0.25) is 0 Å². The van der Waals surface area contributed by atoms with Crippen LogP contribution in [-0.4, -0.2) is 25.5 Å². The molecular formula is C13H23N3. The highest BCUT2D eigenvalue weighted by atomic mass is 15.3. The molecule has 3 nitrogen and oxygen atoms in total. The summed E-state index contributed by atoms with van der Waals surface area (Å²) >= 11 is 0. The molecule has 0 heterocycles. The predicted molar refractivity (Wildman–Crippen MR) is 69.3 cm³/mol. The van der Waals surface area contributed by atoms with E-state index in [0.29, 0.717) is 0 Å². The Morgan fingerprint density at radius 2 is 1.69 bits per heavy atom. The third kappa shape index (κ3) is 3.04. The van der Waals surface area contributed by atoms with Crippen molar-refractivity contribution in [2.75, 3.05) is 20.6 Å². The van der Waals surface area contributed by atoms with Gasteiger partial charge in [-0.15, -0.1) is 0 Å². The number of rotatable bonds is 4. The molecule has 0 amide bonds. The average molecular weight is 221 g/mol. The molecule has 1 atom stereocenters. The zero-order valence-electron chi connectivity index (χ0n) is 11.0. The summed E-state index contributed by atoms with van der Waals surface area (Å²) in [7, 11) is 4.11. The molecule has 0 spiro atoms. The van der Waals surface area contributed by atoms with E-state index in [0.717, 1.165) is 6.54 Å². The lowest BCUT2D eigenvalue weighted by Gasteiger charge is -2.23. The Balaban J connectivity index is 3.05. The van der Waals surface area contributed by atoms with E-state index < -0.39 is 0 Å². The summed E-state index contributed by atoms with van der Waals surface area (Å²) in [6.07, 6.45) is 0. The Labute approximate surface area is 98.6 Å². The Kier molecular flexibility index (Phi) is 4.47. The zero-order chi connectivity index (χ0) is 12.3. The fourth-order valence-corrected chi connectivity index (χ4v) is 1.96. The molecule has 0 aromatic heterocycles. The van der Waals surface area contributed by atoms with E-state index in [2.05, 4.69) is 57.3 Å². The van der Waals surface area contributed by atoms with Crippen molar-refractivity contribution in [3.05, 3.63) is 34.4 Å². The maximum Gasteiger partial charge on any atom is 0.0589 e. The van der Waals surface area contributed by atoms with E-state index in [1.165, 1.54) is 22.3 Å². The summed E-state index contributed by atoms with van der Waals surface area (Å²) in [4.78, 5) is 2.14. The van der Waals surface area contributed by atoms with Gasteiger partial charge < -0.3 is 4.90 Å². The molecule has 0 saturated heterocycles. The first-order valence-corrected chi connectivity index (χ1v) is 5.64. The van der Waals surface area contributed by atoms with Crippen molar-refractivity contribution in [1.82, 2.24) is 10.3 Å². The van der Waals surface area contributed by atoms with Crippen LogP contribution in [0.3, 0.4) is 0 Å². The van der Waals surface area contributed by atoms with Crippen molar-refractivity contribution >= 4 is 0 Å². The molecule has 3 heteroatoms. The third-order valence-electron chi connectivity index (χ3n) is 3.01. The Morgan fingerprint density at radius 1 is 1.12 bits per heavy atom. The molecule has 1 aromatic rings. The Bertz CT molecular complexity index is 358. The Hall–Kier alpha value is -0.900. The minimum Gasteiger partial charge on any atom is -0.307 e. The molecule has 0 saturated carbocycles. The summed E-state index contributed by atoms with van der Waals surface area (Å²) in [6, 6.07) is 4.65. The molecule has 0 aliphatic heterocycles. The summed E-state index contributed by atoms with van der Waals surface area (Å²) in [5.41, 5.74) is 8.14. The van der Waals surface area contributed by atoms with E-state index in [9.17, 15) is 0 Å². The van der Waals surface area contributed by atoms with Crippen LogP contribution in [0.2, 0.25) is 0 Å². The molecule has 0 bridgehead atoms. The van der Waals surface area contributed by atoms with Crippen LogP contribution >= 0.6 is 0 Å². The number of nitrogens with zero attached hydrogens (tertiary/aromatic N) is 1. The predicted octanol–water partition coefficient (Wildman–Crippen LogP) is 1.68.